The van der Waals surface area contributed by atoms with Gasteiger partial charge in [0.05, 0.1) is 23.4 Å². The number of anilines is 2. The van der Waals surface area contributed by atoms with Crippen molar-refractivity contribution in [1.29, 1.82) is 0 Å². The Kier molecular flexibility index (Phi) is 10.1. The molecular weight excluding hydrogens is 643 g/mol. The highest BCUT2D eigenvalue weighted by Crippen LogP contribution is 2.57. The molecule has 1 heterocycles. The van der Waals surface area contributed by atoms with Gasteiger partial charge in [-0.1, -0.05) is 62.7 Å². The molecule has 1 atom stereocenters. The van der Waals surface area contributed by atoms with Crippen molar-refractivity contribution in [1.82, 2.24) is 9.62 Å². The Morgan fingerprint density at radius 3 is 2.36 bits per heavy atom. The number of nitrogens with one attached hydrogen (secondary N) is 3. The molecular formula is C29H41N5O8S3. The first-order valence-corrected chi connectivity index (χ1v) is 19.6. The maximum absolute atomic E-state index is 14.7. The number of hydrogen-bond acceptors (Lipinski definition) is 11. The SMILES string of the molecule is CCN(CC)CCS(=O)(=O)NC1(CCC(C)C)C(=O)C(C2=NS(O)(O)c3cc(NS(C)(=O)=O)ccc3N2)=C(O)c2ccccc21. The molecule has 2 aromatic rings. The molecule has 0 spiro atoms. The van der Waals surface area contributed by atoms with Gasteiger partial charge in [-0.15, -0.1) is 4.40 Å². The maximum Gasteiger partial charge on any atom is 0.229 e. The number of carbonyl (C=O) groups excluding carboxylic acids is 1. The van der Waals surface area contributed by atoms with E-state index < -0.39 is 53.5 Å². The summed E-state index contributed by atoms with van der Waals surface area (Å²) in [5.74, 6) is -1.84. The molecule has 0 aromatic heterocycles. The minimum Gasteiger partial charge on any atom is -0.506 e. The molecule has 45 heavy (non-hydrogen) atoms. The van der Waals surface area contributed by atoms with E-state index in [-0.39, 0.29) is 57.9 Å². The second-order valence-electron chi connectivity index (χ2n) is 11.6. The lowest BCUT2D eigenvalue weighted by molar-refractivity contribution is -0.121. The molecule has 0 radical (unpaired) electrons. The van der Waals surface area contributed by atoms with Crippen LogP contribution in [0.5, 0.6) is 0 Å². The summed E-state index contributed by atoms with van der Waals surface area (Å²) in [4.78, 5) is 16.5. The minimum atomic E-state index is -4.07. The third-order valence-corrected chi connectivity index (χ3v) is 11.1. The van der Waals surface area contributed by atoms with Crippen LogP contribution in [0.2, 0.25) is 0 Å². The van der Waals surface area contributed by atoms with Gasteiger partial charge in [0.1, 0.15) is 21.8 Å². The van der Waals surface area contributed by atoms with Gasteiger partial charge in [0, 0.05) is 12.1 Å². The Bertz CT molecular complexity index is 1750. The Morgan fingerprint density at radius 2 is 1.73 bits per heavy atom. The summed E-state index contributed by atoms with van der Waals surface area (Å²) in [6.45, 7) is 9.30. The van der Waals surface area contributed by atoms with Crippen molar-refractivity contribution in [3.8, 4) is 0 Å². The fourth-order valence-electron chi connectivity index (χ4n) is 5.44. The van der Waals surface area contributed by atoms with Gasteiger partial charge in [-0.3, -0.25) is 18.6 Å². The van der Waals surface area contributed by atoms with E-state index >= 15 is 0 Å². The van der Waals surface area contributed by atoms with Crippen molar-refractivity contribution in [2.75, 3.05) is 41.7 Å². The van der Waals surface area contributed by atoms with Gasteiger partial charge < -0.3 is 15.3 Å². The third-order valence-electron chi connectivity index (χ3n) is 7.78. The van der Waals surface area contributed by atoms with Gasteiger partial charge in [0.25, 0.3) is 0 Å². The standard InChI is InChI=1S/C29H41N5O8S3/c1-6-34(7-2)16-17-44(39,40)33-29(15-14-19(3)4)22-11-9-8-10-21(22)26(35)25(27(29)36)28-30-23-13-12-20(31-43(5,37)38)18-24(23)45(41,42)32-28/h8-13,18-19,31,33,35,41-42H,6-7,14-17H2,1-5H3,(H,30,32). The van der Waals surface area contributed by atoms with Crippen LogP contribution >= 0.6 is 10.8 Å². The largest absolute Gasteiger partial charge is 0.506 e. The second-order valence-corrected chi connectivity index (χ2v) is 16.8. The maximum atomic E-state index is 14.7. The van der Waals surface area contributed by atoms with Crippen LogP contribution in [-0.2, 0) is 30.4 Å². The van der Waals surface area contributed by atoms with Crippen molar-refractivity contribution in [3.63, 3.8) is 0 Å². The Balaban J connectivity index is 1.85. The first kappa shape index (κ1) is 34.9. The monoisotopic (exact) mass is 683 g/mol. The van der Waals surface area contributed by atoms with Gasteiger partial charge in [-0.05, 0) is 55.6 Å². The lowest BCUT2D eigenvalue weighted by atomic mass is 9.72. The number of benzene rings is 2. The molecule has 0 saturated carbocycles. The van der Waals surface area contributed by atoms with E-state index in [1.165, 1.54) is 18.2 Å². The highest BCUT2D eigenvalue weighted by atomic mass is 32.3. The first-order valence-electron chi connectivity index (χ1n) is 14.5. The number of amidine groups is 1. The Morgan fingerprint density at radius 1 is 1.07 bits per heavy atom. The Hall–Kier alpha value is -2.99. The smallest absolute Gasteiger partial charge is 0.229 e. The summed E-state index contributed by atoms with van der Waals surface area (Å²) in [5.41, 5.74) is -1.59. The molecule has 1 aliphatic carbocycles. The fourth-order valence-corrected chi connectivity index (χ4v) is 8.62. The average molecular weight is 684 g/mol. The molecule has 13 nitrogen and oxygen atoms in total. The van der Waals surface area contributed by atoms with Gasteiger partial charge in [-0.2, -0.15) is 4.72 Å². The molecule has 0 amide bonds. The number of sulfonamides is 2. The molecule has 16 heteroatoms. The molecule has 1 unspecified atom stereocenters. The van der Waals surface area contributed by atoms with Gasteiger partial charge in [0.2, 0.25) is 20.0 Å². The van der Waals surface area contributed by atoms with Crippen LogP contribution in [0.1, 0.15) is 51.7 Å². The highest BCUT2D eigenvalue weighted by Gasteiger charge is 2.51. The number of rotatable bonds is 13. The number of fused-ring (bicyclic) bond motifs is 2. The summed E-state index contributed by atoms with van der Waals surface area (Å²) in [7, 11) is -11.8. The molecule has 0 saturated heterocycles. The minimum absolute atomic E-state index is 0.0580. The van der Waals surface area contributed by atoms with Gasteiger partial charge in [-0.25, -0.2) is 16.8 Å². The summed E-state index contributed by atoms with van der Waals surface area (Å²) >= 11 is 0. The average Bonchev–Trinajstić information content (AvgIpc) is 2.94. The van der Waals surface area contributed by atoms with Crippen LogP contribution in [0.3, 0.4) is 0 Å². The zero-order valence-electron chi connectivity index (χ0n) is 25.9. The molecule has 6 N–H and O–H groups in total. The predicted molar refractivity (Wildman–Crippen MR) is 179 cm³/mol. The number of Topliss-reactive ketones (excluding diaryl/α,β-unsaturated/α-hetero) is 1. The number of hydrogen-bond donors (Lipinski definition) is 6. The van der Waals surface area contributed by atoms with Crippen molar-refractivity contribution in [2.45, 2.75) is 51.0 Å². The fraction of sp³-hybridized carbons (Fsp3) is 0.448. The predicted octanol–water partition coefficient (Wildman–Crippen LogP) is 4.35. The number of carbonyl (C=O) groups is 1. The molecule has 2 aliphatic rings. The van der Waals surface area contributed by atoms with Crippen LogP contribution in [0.15, 0.2) is 57.3 Å². The normalized spacial score (nSPS) is 20.4. The van der Waals surface area contributed by atoms with E-state index in [0.717, 1.165) is 6.26 Å². The molecule has 0 bridgehead atoms. The van der Waals surface area contributed by atoms with E-state index in [4.69, 9.17) is 0 Å². The highest BCUT2D eigenvalue weighted by molar-refractivity contribution is 8.23. The van der Waals surface area contributed by atoms with Crippen molar-refractivity contribution in [2.24, 2.45) is 10.3 Å². The van der Waals surface area contributed by atoms with Crippen molar-refractivity contribution in [3.05, 3.63) is 59.2 Å². The number of aliphatic hydroxyl groups excluding tert-OH is 1. The molecule has 248 valence electrons. The molecule has 1 aliphatic heterocycles. The van der Waals surface area contributed by atoms with E-state index in [9.17, 15) is 35.8 Å². The molecule has 2 aromatic carbocycles. The first-order chi connectivity index (χ1) is 20.9. The van der Waals surface area contributed by atoms with Crippen LogP contribution in [0, 0.1) is 5.92 Å². The zero-order valence-corrected chi connectivity index (χ0v) is 28.3. The second kappa shape index (κ2) is 13.0. The van der Waals surface area contributed by atoms with Crippen LogP contribution < -0.4 is 14.8 Å². The molecule has 4 rings (SSSR count). The lowest BCUT2D eigenvalue weighted by Gasteiger charge is -2.41. The summed E-state index contributed by atoms with van der Waals surface area (Å²) in [6.07, 6.45) is 1.45. The summed E-state index contributed by atoms with van der Waals surface area (Å²) < 4.78 is 82.0. The number of ketones is 1. The Labute approximate surface area is 266 Å². The third kappa shape index (κ3) is 7.53. The quantitative estimate of drug-likeness (QED) is 0.177. The van der Waals surface area contributed by atoms with Gasteiger partial charge >= 0.3 is 0 Å². The lowest BCUT2D eigenvalue weighted by Crippen LogP contribution is -2.56. The zero-order chi connectivity index (χ0) is 33.4. The van der Waals surface area contributed by atoms with Crippen molar-refractivity contribution < 1.29 is 35.8 Å². The van der Waals surface area contributed by atoms with Crippen LogP contribution in [-0.4, -0.2) is 79.2 Å². The summed E-state index contributed by atoms with van der Waals surface area (Å²) in [6, 6.07) is 10.4. The summed E-state index contributed by atoms with van der Waals surface area (Å²) in [5, 5.41) is 14.4. The number of aliphatic hydroxyl groups is 1. The van der Waals surface area contributed by atoms with Crippen LogP contribution in [0.4, 0.5) is 11.4 Å². The van der Waals surface area contributed by atoms with E-state index in [0.29, 0.717) is 19.5 Å². The molecule has 0 fully saturated rings. The van der Waals surface area contributed by atoms with Gasteiger partial charge in [0.15, 0.2) is 11.6 Å². The topological polar surface area (TPSA) is 198 Å². The number of nitrogens with zero attached hydrogens (tertiary/aromatic N) is 2. The van der Waals surface area contributed by atoms with Crippen molar-refractivity contribution >= 4 is 59.6 Å². The van der Waals surface area contributed by atoms with E-state index in [2.05, 4.69) is 19.2 Å². The van der Waals surface area contributed by atoms with E-state index in [1.54, 1.807) is 24.3 Å². The van der Waals surface area contributed by atoms with Crippen LogP contribution in [0.25, 0.3) is 5.76 Å². The van der Waals surface area contributed by atoms with E-state index in [1.807, 2.05) is 32.6 Å².